The van der Waals surface area contributed by atoms with Crippen LogP contribution in [0.25, 0.3) is 0 Å². The van der Waals surface area contributed by atoms with Gasteiger partial charge >= 0.3 is 0 Å². The van der Waals surface area contributed by atoms with E-state index in [-0.39, 0.29) is 5.91 Å². The molecule has 0 aliphatic rings. The lowest BCUT2D eigenvalue weighted by Crippen LogP contribution is -2.24. The SMILES string of the molecule is CCCCCCNC(=O)CCc1cccs1. The van der Waals surface area contributed by atoms with Crippen LogP contribution in [0.5, 0.6) is 0 Å². The highest BCUT2D eigenvalue weighted by Gasteiger charge is 2.01. The number of amides is 1. The average molecular weight is 239 g/mol. The highest BCUT2D eigenvalue weighted by Crippen LogP contribution is 2.10. The molecule has 0 aromatic carbocycles. The fourth-order valence-electron chi connectivity index (χ4n) is 1.56. The molecule has 3 heteroatoms. The fourth-order valence-corrected chi connectivity index (χ4v) is 2.27. The van der Waals surface area contributed by atoms with E-state index in [1.54, 1.807) is 11.3 Å². The zero-order valence-electron chi connectivity index (χ0n) is 10.00. The molecule has 1 rings (SSSR count). The lowest BCUT2D eigenvalue weighted by Gasteiger charge is -2.04. The van der Waals surface area contributed by atoms with Crippen molar-refractivity contribution in [2.75, 3.05) is 6.54 Å². The second-order valence-corrected chi connectivity index (χ2v) is 5.02. The van der Waals surface area contributed by atoms with Crippen LogP contribution in [0, 0.1) is 0 Å². The van der Waals surface area contributed by atoms with Gasteiger partial charge in [-0.15, -0.1) is 11.3 Å². The molecule has 0 saturated carbocycles. The van der Waals surface area contributed by atoms with Gasteiger partial charge in [-0.05, 0) is 24.3 Å². The van der Waals surface area contributed by atoms with E-state index in [2.05, 4.69) is 23.7 Å². The maximum Gasteiger partial charge on any atom is 0.220 e. The minimum absolute atomic E-state index is 0.185. The summed E-state index contributed by atoms with van der Waals surface area (Å²) in [6, 6.07) is 4.11. The molecule has 1 amide bonds. The molecular weight excluding hydrogens is 218 g/mol. The van der Waals surface area contributed by atoms with Crippen molar-refractivity contribution in [3.8, 4) is 0 Å². The number of carbonyl (C=O) groups excluding carboxylic acids is 1. The summed E-state index contributed by atoms with van der Waals surface area (Å²) < 4.78 is 0. The Hall–Kier alpha value is -0.830. The minimum atomic E-state index is 0.185. The smallest absolute Gasteiger partial charge is 0.220 e. The summed E-state index contributed by atoms with van der Waals surface area (Å²) in [5.74, 6) is 0.185. The van der Waals surface area contributed by atoms with Gasteiger partial charge in [-0.1, -0.05) is 32.3 Å². The Balaban J connectivity index is 1.99. The van der Waals surface area contributed by atoms with Crippen LogP contribution < -0.4 is 5.32 Å². The van der Waals surface area contributed by atoms with Crippen LogP contribution >= 0.6 is 11.3 Å². The summed E-state index contributed by atoms with van der Waals surface area (Å²) in [4.78, 5) is 12.8. The summed E-state index contributed by atoms with van der Waals surface area (Å²) in [6.07, 6.45) is 6.34. The van der Waals surface area contributed by atoms with Crippen LogP contribution in [0.15, 0.2) is 17.5 Å². The van der Waals surface area contributed by atoms with Crippen LogP contribution in [-0.4, -0.2) is 12.5 Å². The van der Waals surface area contributed by atoms with E-state index in [1.807, 2.05) is 6.07 Å². The van der Waals surface area contributed by atoms with Crippen molar-refractivity contribution in [1.82, 2.24) is 5.32 Å². The number of carbonyl (C=O) groups is 1. The van der Waals surface area contributed by atoms with E-state index in [9.17, 15) is 4.79 Å². The van der Waals surface area contributed by atoms with Crippen molar-refractivity contribution in [1.29, 1.82) is 0 Å². The first-order valence-corrected chi connectivity index (χ1v) is 7.00. The molecule has 90 valence electrons. The molecule has 1 aromatic heterocycles. The Labute approximate surface area is 102 Å². The van der Waals surface area contributed by atoms with Gasteiger partial charge in [-0.3, -0.25) is 4.79 Å². The number of hydrogen-bond donors (Lipinski definition) is 1. The number of aryl methyl sites for hydroxylation is 1. The van der Waals surface area contributed by atoms with Crippen LogP contribution in [0.1, 0.15) is 43.9 Å². The molecule has 1 heterocycles. The fraction of sp³-hybridized carbons (Fsp3) is 0.615. The molecule has 2 nitrogen and oxygen atoms in total. The molecule has 0 spiro atoms. The second-order valence-electron chi connectivity index (χ2n) is 3.99. The highest BCUT2D eigenvalue weighted by molar-refractivity contribution is 7.09. The van der Waals surface area contributed by atoms with Gasteiger partial charge < -0.3 is 5.32 Å². The van der Waals surface area contributed by atoms with Crippen molar-refractivity contribution in [2.24, 2.45) is 0 Å². The molecule has 0 saturated heterocycles. The monoisotopic (exact) mass is 239 g/mol. The largest absolute Gasteiger partial charge is 0.356 e. The van der Waals surface area contributed by atoms with Crippen LogP contribution in [0.4, 0.5) is 0 Å². The van der Waals surface area contributed by atoms with Crippen LogP contribution in [0.3, 0.4) is 0 Å². The molecular formula is C13H21NOS. The zero-order chi connectivity index (χ0) is 11.6. The van der Waals surface area contributed by atoms with Crippen molar-refractivity contribution in [2.45, 2.75) is 45.4 Å². The lowest BCUT2D eigenvalue weighted by atomic mass is 10.2. The minimum Gasteiger partial charge on any atom is -0.356 e. The van der Waals surface area contributed by atoms with E-state index >= 15 is 0 Å². The van der Waals surface area contributed by atoms with Gasteiger partial charge in [0, 0.05) is 17.8 Å². The molecule has 0 unspecified atom stereocenters. The molecule has 0 fully saturated rings. The highest BCUT2D eigenvalue weighted by atomic mass is 32.1. The summed E-state index contributed by atoms with van der Waals surface area (Å²) >= 11 is 1.72. The Kier molecular flexibility index (Phi) is 6.90. The third-order valence-electron chi connectivity index (χ3n) is 2.53. The molecule has 0 aliphatic carbocycles. The molecule has 1 N–H and O–H groups in total. The molecule has 0 bridgehead atoms. The van der Waals surface area contributed by atoms with E-state index in [0.717, 1.165) is 19.4 Å². The first kappa shape index (κ1) is 13.2. The quantitative estimate of drug-likeness (QED) is 0.692. The third kappa shape index (κ3) is 5.91. The number of unbranched alkanes of at least 4 members (excludes halogenated alkanes) is 3. The van der Waals surface area contributed by atoms with Crippen LogP contribution in [-0.2, 0) is 11.2 Å². The molecule has 16 heavy (non-hydrogen) atoms. The Morgan fingerprint density at radius 2 is 2.25 bits per heavy atom. The van der Waals surface area contributed by atoms with Crippen molar-refractivity contribution >= 4 is 17.2 Å². The maximum absolute atomic E-state index is 11.5. The predicted octanol–water partition coefficient (Wildman–Crippen LogP) is 3.38. The van der Waals surface area contributed by atoms with Crippen LogP contribution in [0.2, 0.25) is 0 Å². The van der Waals surface area contributed by atoms with Gasteiger partial charge in [0.25, 0.3) is 0 Å². The maximum atomic E-state index is 11.5. The van der Waals surface area contributed by atoms with E-state index in [4.69, 9.17) is 0 Å². The van der Waals surface area contributed by atoms with Gasteiger partial charge in [0.05, 0.1) is 0 Å². The number of nitrogens with one attached hydrogen (secondary N) is 1. The van der Waals surface area contributed by atoms with Gasteiger partial charge in [0.15, 0.2) is 0 Å². The van der Waals surface area contributed by atoms with E-state index in [1.165, 1.54) is 24.1 Å². The van der Waals surface area contributed by atoms with Crippen molar-refractivity contribution in [3.63, 3.8) is 0 Å². The number of rotatable bonds is 8. The van der Waals surface area contributed by atoms with E-state index in [0.29, 0.717) is 6.42 Å². The topological polar surface area (TPSA) is 29.1 Å². The third-order valence-corrected chi connectivity index (χ3v) is 3.47. The number of hydrogen-bond acceptors (Lipinski definition) is 2. The normalized spacial score (nSPS) is 10.3. The molecule has 0 aliphatic heterocycles. The average Bonchev–Trinajstić information content (AvgIpc) is 2.79. The standard InChI is InChI=1S/C13H21NOS/c1-2-3-4-5-10-14-13(15)9-8-12-7-6-11-16-12/h6-7,11H,2-5,8-10H2,1H3,(H,14,15). The summed E-state index contributed by atoms with van der Waals surface area (Å²) in [6.45, 7) is 3.03. The summed E-state index contributed by atoms with van der Waals surface area (Å²) in [7, 11) is 0. The summed E-state index contributed by atoms with van der Waals surface area (Å²) in [5.41, 5.74) is 0. The van der Waals surface area contributed by atoms with Crippen molar-refractivity contribution in [3.05, 3.63) is 22.4 Å². The summed E-state index contributed by atoms with van der Waals surface area (Å²) in [5, 5.41) is 5.02. The molecule has 0 radical (unpaired) electrons. The van der Waals surface area contributed by atoms with Gasteiger partial charge in [-0.2, -0.15) is 0 Å². The Morgan fingerprint density at radius 1 is 1.38 bits per heavy atom. The predicted molar refractivity (Wildman–Crippen MR) is 69.8 cm³/mol. The first-order valence-electron chi connectivity index (χ1n) is 6.12. The van der Waals surface area contributed by atoms with Crippen molar-refractivity contribution < 1.29 is 4.79 Å². The molecule has 0 atom stereocenters. The Bertz CT molecular complexity index is 282. The van der Waals surface area contributed by atoms with Gasteiger partial charge in [0.1, 0.15) is 0 Å². The second kappa shape index (κ2) is 8.34. The zero-order valence-corrected chi connectivity index (χ0v) is 10.8. The first-order chi connectivity index (χ1) is 7.83. The lowest BCUT2D eigenvalue weighted by molar-refractivity contribution is -0.121. The van der Waals surface area contributed by atoms with Gasteiger partial charge in [0.2, 0.25) is 5.91 Å². The van der Waals surface area contributed by atoms with E-state index < -0.39 is 0 Å². The molecule has 1 aromatic rings. The number of thiophene rings is 1. The van der Waals surface area contributed by atoms with Gasteiger partial charge in [-0.25, -0.2) is 0 Å². The Morgan fingerprint density at radius 3 is 2.94 bits per heavy atom.